The zero-order valence-corrected chi connectivity index (χ0v) is 12.8. The summed E-state index contributed by atoms with van der Waals surface area (Å²) < 4.78 is 0. The predicted octanol–water partition coefficient (Wildman–Crippen LogP) is 3.46. The molecule has 0 saturated carbocycles. The molecular formula is C16H15Cl2NO2. The van der Waals surface area contributed by atoms with Crippen LogP contribution in [0.15, 0.2) is 42.5 Å². The molecule has 2 rings (SSSR count). The molecule has 0 aliphatic heterocycles. The Balaban J connectivity index is 1.87. The van der Waals surface area contributed by atoms with Gasteiger partial charge in [-0.25, -0.2) is 0 Å². The minimum absolute atomic E-state index is 0.0361. The van der Waals surface area contributed by atoms with Crippen molar-refractivity contribution in [2.75, 3.05) is 6.54 Å². The van der Waals surface area contributed by atoms with Crippen LogP contribution in [0.4, 0.5) is 0 Å². The molecule has 0 saturated heterocycles. The first-order valence-corrected chi connectivity index (χ1v) is 7.27. The van der Waals surface area contributed by atoms with Gasteiger partial charge in [0.05, 0.1) is 16.7 Å². The lowest BCUT2D eigenvalue weighted by molar-refractivity contribution is 0.0954. The fraction of sp³-hybridized carbons (Fsp3) is 0.188. The Bertz CT molecular complexity index is 627. The molecule has 5 heteroatoms. The van der Waals surface area contributed by atoms with Crippen molar-refractivity contribution in [2.24, 2.45) is 0 Å². The lowest BCUT2D eigenvalue weighted by atomic mass is 10.1. The van der Waals surface area contributed by atoms with Crippen molar-refractivity contribution in [3.8, 4) is 0 Å². The van der Waals surface area contributed by atoms with Crippen molar-refractivity contribution in [1.82, 2.24) is 5.32 Å². The van der Waals surface area contributed by atoms with Gasteiger partial charge >= 0.3 is 0 Å². The van der Waals surface area contributed by atoms with Gasteiger partial charge in [-0.3, -0.25) is 4.79 Å². The van der Waals surface area contributed by atoms with E-state index in [4.69, 9.17) is 28.3 Å². The summed E-state index contributed by atoms with van der Waals surface area (Å²) in [5.74, 6) is -0.180. The van der Waals surface area contributed by atoms with Gasteiger partial charge in [-0.05, 0) is 35.7 Å². The van der Waals surface area contributed by atoms with E-state index in [1.165, 1.54) is 0 Å². The van der Waals surface area contributed by atoms with Crippen LogP contribution in [0.2, 0.25) is 10.0 Å². The second-order valence-corrected chi connectivity index (χ2v) is 5.42. The number of hydrogen-bond donors (Lipinski definition) is 2. The van der Waals surface area contributed by atoms with E-state index in [0.717, 1.165) is 17.5 Å². The molecule has 1 amide bonds. The number of rotatable bonds is 5. The fourth-order valence-corrected chi connectivity index (χ4v) is 2.17. The van der Waals surface area contributed by atoms with Crippen LogP contribution in [0.1, 0.15) is 21.5 Å². The summed E-state index contributed by atoms with van der Waals surface area (Å²) in [4.78, 5) is 12.0. The number of aliphatic hydroxyl groups excluding tert-OH is 1. The van der Waals surface area contributed by atoms with Gasteiger partial charge in [-0.2, -0.15) is 0 Å². The molecular weight excluding hydrogens is 309 g/mol. The van der Waals surface area contributed by atoms with E-state index in [9.17, 15) is 4.79 Å². The highest BCUT2D eigenvalue weighted by atomic mass is 35.5. The van der Waals surface area contributed by atoms with Crippen molar-refractivity contribution in [1.29, 1.82) is 0 Å². The summed E-state index contributed by atoms with van der Waals surface area (Å²) in [6, 6.07) is 12.4. The molecule has 2 N–H and O–H groups in total. The van der Waals surface area contributed by atoms with Gasteiger partial charge in [0, 0.05) is 12.1 Å². The van der Waals surface area contributed by atoms with Gasteiger partial charge in [0.1, 0.15) is 0 Å². The van der Waals surface area contributed by atoms with Crippen LogP contribution in [-0.4, -0.2) is 17.6 Å². The van der Waals surface area contributed by atoms with Crippen molar-refractivity contribution in [2.45, 2.75) is 13.0 Å². The topological polar surface area (TPSA) is 49.3 Å². The first-order chi connectivity index (χ1) is 10.1. The minimum atomic E-state index is -0.180. The Morgan fingerprint density at radius 1 is 1.00 bits per heavy atom. The van der Waals surface area contributed by atoms with Gasteiger partial charge < -0.3 is 10.4 Å². The highest BCUT2D eigenvalue weighted by Crippen LogP contribution is 2.22. The third kappa shape index (κ3) is 4.46. The van der Waals surface area contributed by atoms with Gasteiger partial charge in [-0.15, -0.1) is 0 Å². The Kier molecular flexibility index (Phi) is 5.62. The van der Waals surface area contributed by atoms with Crippen LogP contribution in [0.3, 0.4) is 0 Å². The molecule has 110 valence electrons. The van der Waals surface area contributed by atoms with E-state index in [0.29, 0.717) is 22.2 Å². The Morgan fingerprint density at radius 3 is 2.29 bits per heavy atom. The van der Waals surface area contributed by atoms with Crippen LogP contribution in [0, 0.1) is 0 Å². The standard InChI is InChI=1S/C16H15Cl2NO2/c17-14-6-5-13(9-15(14)18)16(21)19-8-7-11-1-3-12(10-20)4-2-11/h1-6,9,20H,7-8,10H2,(H,19,21). The second kappa shape index (κ2) is 7.46. The molecule has 3 nitrogen and oxygen atoms in total. The third-order valence-corrected chi connectivity index (χ3v) is 3.83. The van der Waals surface area contributed by atoms with E-state index < -0.39 is 0 Å². The summed E-state index contributed by atoms with van der Waals surface area (Å²) in [7, 11) is 0. The van der Waals surface area contributed by atoms with Crippen molar-refractivity contribution in [3.05, 3.63) is 69.2 Å². The van der Waals surface area contributed by atoms with Gasteiger partial charge in [0.15, 0.2) is 0 Å². The molecule has 0 aromatic heterocycles. The van der Waals surface area contributed by atoms with Crippen molar-refractivity contribution in [3.63, 3.8) is 0 Å². The number of hydrogen-bond acceptors (Lipinski definition) is 2. The maximum Gasteiger partial charge on any atom is 0.251 e. The molecule has 0 radical (unpaired) electrons. The SMILES string of the molecule is O=C(NCCc1ccc(CO)cc1)c1ccc(Cl)c(Cl)c1. The van der Waals surface area contributed by atoms with Crippen molar-refractivity contribution >= 4 is 29.1 Å². The summed E-state index contributed by atoms with van der Waals surface area (Å²) in [5.41, 5.74) is 2.46. The fourth-order valence-electron chi connectivity index (χ4n) is 1.87. The molecule has 0 atom stereocenters. The summed E-state index contributed by atoms with van der Waals surface area (Å²) in [6.07, 6.45) is 0.721. The number of nitrogens with one attached hydrogen (secondary N) is 1. The average molecular weight is 324 g/mol. The molecule has 0 heterocycles. The first-order valence-electron chi connectivity index (χ1n) is 6.52. The first kappa shape index (κ1) is 15.8. The molecule has 0 aliphatic rings. The van der Waals surface area contributed by atoms with Crippen LogP contribution in [0.25, 0.3) is 0 Å². The molecule has 0 aliphatic carbocycles. The van der Waals surface area contributed by atoms with Crippen LogP contribution in [0.5, 0.6) is 0 Å². The molecule has 21 heavy (non-hydrogen) atoms. The smallest absolute Gasteiger partial charge is 0.251 e. The van der Waals surface area contributed by atoms with E-state index >= 15 is 0 Å². The van der Waals surface area contributed by atoms with Crippen LogP contribution >= 0.6 is 23.2 Å². The molecule has 2 aromatic rings. The number of benzene rings is 2. The van der Waals surface area contributed by atoms with Crippen molar-refractivity contribution < 1.29 is 9.90 Å². The molecule has 0 spiro atoms. The lowest BCUT2D eigenvalue weighted by Gasteiger charge is -2.07. The Morgan fingerprint density at radius 2 is 1.67 bits per heavy atom. The normalized spacial score (nSPS) is 10.4. The van der Waals surface area contributed by atoms with Crippen LogP contribution in [-0.2, 0) is 13.0 Å². The number of aliphatic hydroxyl groups is 1. The number of carbonyl (C=O) groups is 1. The quantitative estimate of drug-likeness (QED) is 0.885. The van der Waals surface area contributed by atoms with E-state index in [1.54, 1.807) is 18.2 Å². The number of amides is 1. The molecule has 0 fully saturated rings. The van der Waals surface area contributed by atoms with E-state index in [2.05, 4.69) is 5.32 Å². The Hall–Kier alpha value is -1.55. The summed E-state index contributed by atoms with van der Waals surface area (Å²) in [6.45, 7) is 0.561. The maximum atomic E-state index is 12.0. The van der Waals surface area contributed by atoms with E-state index in [-0.39, 0.29) is 12.5 Å². The molecule has 0 bridgehead atoms. The monoisotopic (exact) mass is 323 g/mol. The van der Waals surface area contributed by atoms with E-state index in [1.807, 2.05) is 24.3 Å². The highest BCUT2D eigenvalue weighted by Gasteiger charge is 2.07. The van der Waals surface area contributed by atoms with Gasteiger partial charge in [-0.1, -0.05) is 47.5 Å². The summed E-state index contributed by atoms with van der Waals surface area (Å²) in [5, 5.41) is 12.6. The lowest BCUT2D eigenvalue weighted by Crippen LogP contribution is -2.25. The zero-order valence-electron chi connectivity index (χ0n) is 11.3. The third-order valence-electron chi connectivity index (χ3n) is 3.09. The number of carbonyl (C=O) groups excluding carboxylic acids is 1. The largest absolute Gasteiger partial charge is 0.392 e. The summed E-state index contributed by atoms with van der Waals surface area (Å²) >= 11 is 11.7. The highest BCUT2D eigenvalue weighted by molar-refractivity contribution is 6.42. The Labute approximate surface area is 133 Å². The maximum absolute atomic E-state index is 12.0. The predicted molar refractivity (Wildman–Crippen MR) is 84.9 cm³/mol. The number of halogens is 2. The zero-order chi connectivity index (χ0) is 15.2. The average Bonchev–Trinajstić information content (AvgIpc) is 2.50. The second-order valence-electron chi connectivity index (χ2n) is 4.61. The van der Waals surface area contributed by atoms with Gasteiger partial charge in [0.25, 0.3) is 5.91 Å². The van der Waals surface area contributed by atoms with Crippen LogP contribution < -0.4 is 5.32 Å². The minimum Gasteiger partial charge on any atom is -0.392 e. The van der Waals surface area contributed by atoms with Gasteiger partial charge in [0.2, 0.25) is 0 Å². The molecule has 2 aromatic carbocycles. The molecule has 0 unspecified atom stereocenters.